The Bertz CT molecular complexity index is 540. The molecule has 2 aromatic rings. The first-order valence-electron chi connectivity index (χ1n) is 5.92. The molecule has 0 saturated heterocycles. The van der Waals surface area contributed by atoms with E-state index in [9.17, 15) is 4.39 Å². The first-order chi connectivity index (χ1) is 8.70. The minimum atomic E-state index is -0.329. The van der Waals surface area contributed by atoms with Gasteiger partial charge in [0.05, 0.1) is 23.6 Å². The van der Waals surface area contributed by atoms with Crippen LogP contribution in [0.4, 0.5) is 15.8 Å². The molecule has 94 valence electrons. The molecule has 0 fully saturated rings. The van der Waals surface area contributed by atoms with Crippen molar-refractivity contribution in [3.63, 3.8) is 0 Å². The molecule has 0 atom stereocenters. The molecule has 0 amide bonds. The van der Waals surface area contributed by atoms with Crippen LogP contribution < -0.4 is 11.1 Å². The Labute approximate surface area is 106 Å². The molecule has 0 bridgehead atoms. The zero-order chi connectivity index (χ0) is 13.0. The maximum absolute atomic E-state index is 12.9. The lowest BCUT2D eigenvalue weighted by molar-refractivity contribution is 0.628. The maximum atomic E-state index is 12.9. The van der Waals surface area contributed by atoms with Crippen LogP contribution in [0.25, 0.3) is 0 Å². The molecule has 0 aliphatic carbocycles. The van der Waals surface area contributed by atoms with Crippen molar-refractivity contribution >= 4 is 11.4 Å². The Morgan fingerprint density at radius 1 is 1.33 bits per heavy atom. The number of hydrogen-bond donors (Lipinski definition) is 2. The Hall–Kier alpha value is -2.10. The summed E-state index contributed by atoms with van der Waals surface area (Å²) in [6, 6.07) is 8.31. The van der Waals surface area contributed by atoms with Crippen LogP contribution in [0, 0.1) is 5.82 Å². The van der Waals surface area contributed by atoms with Crippen molar-refractivity contribution in [1.29, 1.82) is 0 Å². The fourth-order valence-corrected chi connectivity index (χ4v) is 1.83. The molecule has 0 radical (unpaired) electrons. The third kappa shape index (κ3) is 2.77. The zero-order valence-corrected chi connectivity index (χ0v) is 10.3. The Morgan fingerprint density at radius 2 is 2.17 bits per heavy atom. The van der Waals surface area contributed by atoms with E-state index < -0.39 is 0 Å². The fourth-order valence-electron chi connectivity index (χ4n) is 1.83. The van der Waals surface area contributed by atoms with Crippen LogP contribution in [-0.2, 0) is 13.0 Å². The van der Waals surface area contributed by atoms with Gasteiger partial charge in [0, 0.05) is 6.20 Å². The van der Waals surface area contributed by atoms with Crippen LogP contribution in [0.5, 0.6) is 0 Å². The van der Waals surface area contributed by atoms with Crippen molar-refractivity contribution < 1.29 is 4.39 Å². The second kappa shape index (κ2) is 5.49. The zero-order valence-electron chi connectivity index (χ0n) is 10.3. The summed E-state index contributed by atoms with van der Waals surface area (Å²) in [7, 11) is 0. The van der Waals surface area contributed by atoms with Gasteiger partial charge in [0.2, 0.25) is 0 Å². The van der Waals surface area contributed by atoms with Crippen LogP contribution in [0.3, 0.4) is 0 Å². The number of aromatic nitrogens is 1. The number of halogens is 1. The number of nitrogens with zero attached hydrogens (tertiary/aromatic N) is 1. The van der Waals surface area contributed by atoms with E-state index in [0.29, 0.717) is 12.2 Å². The topological polar surface area (TPSA) is 50.9 Å². The van der Waals surface area contributed by atoms with Gasteiger partial charge in [-0.25, -0.2) is 4.39 Å². The maximum Gasteiger partial charge on any atom is 0.125 e. The molecule has 0 unspecified atom stereocenters. The number of anilines is 2. The van der Waals surface area contributed by atoms with Gasteiger partial charge in [-0.3, -0.25) is 4.98 Å². The molecule has 0 spiro atoms. The summed E-state index contributed by atoms with van der Waals surface area (Å²) in [5, 5.41) is 3.18. The van der Waals surface area contributed by atoms with E-state index in [2.05, 4.69) is 23.3 Å². The van der Waals surface area contributed by atoms with E-state index in [4.69, 9.17) is 5.73 Å². The third-order valence-electron chi connectivity index (χ3n) is 2.83. The molecule has 1 aromatic heterocycles. The van der Waals surface area contributed by atoms with Crippen LogP contribution in [0.15, 0.2) is 36.5 Å². The van der Waals surface area contributed by atoms with E-state index >= 15 is 0 Å². The van der Waals surface area contributed by atoms with E-state index in [1.54, 1.807) is 12.3 Å². The summed E-state index contributed by atoms with van der Waals surface area (Å²) in [6.07, 6.45) is 2.70. The predicted molar refractivity (Wildman–Crippen MR) is 71.8 cm³/mol. The number of rotatable bonds is 4. The van der Waals surface area contributed by atoms with Gasteiger partial charge >= 0.3 is 0 Å². The molecule has 3 N–H and O–H groups in total. The predicted octanol–water partition coefficient (Wildman–Crippen LogP) is 2.98. The number of nitrogen functional groups attached to an aromatic ring is 1. The molecule has 0 aliphatic rings. The second-order valence-corrected chi connectivity index (χ2v) is 4.05. The molecule has 2 rings (SSSR count). The minimum Gasteiger partial charge on any atom is -0.397 e. The van der Waals surface area contributed by atoms with Gasteiger partial charge in [-0.05, 0) is 36.2 Å². The molecule has 18 heavy (non-hydrogen) atoms. The molecular formula is C14H16FN3. The molecule has 1 heterocycles. The monoisotopic (exact) mass is 245 g/mol. The van der Waals surface area contributed by atoms with E-state index in [0.717, 1.165) is 17.8 Å². The highest BCUT2D eigenvalue weighted by molar-refractivity contribution is 5.65. The number of pyridine rings is 1. The first kappa shape index (κ1) is 12.4. The summed E-state index contributed by atoms with van der Waals surface area (Å²) in [4.78, 5) is 4.33. The minimum absolute atomic E-state index is 0.329. The Kier molecular flexibility index (Phi) is 3.77. The van der Waals surface area contributed by atoms with Gasteiger partial charge in [0.25, 0.3) is 0 Å². The molecule has 4 heteroatoms. The lowest BCUT2D eigenvalue weighted by Crippen LogP contribution is -2.06. The number of hydrogen-bond acceptors (Lipinski definition) is 3. The number of nitrogens with two attached hydrogens (primary N) is 1. The van der Waals surface area contributed by atoms with Crippen LogP contribution in [0.2, 0.25) is 0 Å². The summed E-state index contributed by atoms with van der Waals surface area (Å²) in [5.41, 5.74) is 9.05. The van der Waals surface area contributed by atoms with E-state index in [-0.39, 0.29) is 5.82 Å². The van der Waals surface area contributed by atoms with Gasteiger partial charge < -0.3 is 11.1 Å². The van der Waals surface area contributed by atoms with Gasteiger partial charge in [-0.2, -0.15) is 0 Å². The number of benzene rings is 1. The summed E-state index contributed by atoms with van der Waals surface area (Å²) >= 11 is 0. The Morgan fingerprint density at radius 3 is 2.89 bits per heavy atom. The molecule has 0 saturated carbocycles. The standard InChI is InChI=1S/C14H16FN3/c1-2-10-4-3-7-17-14(10)9-18-13-6-5-11(15)8-12(13)16/h3-8,18H,2,9,16H2,1H3. The lowest BCUT2D eigenvalue weighted by Gasteiger charge is -2.11. The van der Waals surface area contributed by atoms with Crippen molar-refractivity contribution in [1.82, 2.24) is 4.98 Å². The van der Waals surface area contributed by atoms with Crippen molar-refractivity contribution in [3.05, 3.63) is 53.6 Å². The Balaban J connectivity index is 2.11. The van der Waals surface area contributed by atoms with Crippen molar-refractivity contribution in [2.45, 2.75) is 19.9 Å². The van der Waals surface area contributed by atoms with E-state index in [1.165, 1.54) is 17.7 Å². The molecular weight excluding hydrogens is 229 g/mol. The van der Waals surface area contributed by atoms with Crippen molar-refractivity contribution in [3.8, 4) is 0 Å². The van der Waals surface area contributed by atoms with Crippen LogP contribution in [-0.4, -0.2) is 4.98 Å². The van der Waals surface area contributed by atoms with Gasteiger partial charge in [0.1, 0.15) is 5.82 Å². The first-order valence-corrected chi connectivity index (χ1v) is 5.92. The van der Waals surface area contributed by atoms with Crippen molar-refractivity contribution in [2.24, 2.45) is 0 Å². The normalized spacial score (nSPS) is 10.3. The highest BCUT2D eigenvalue weighted by Crippen LogP contribution is 2.20. The highest BCUT2D eigenvalue weighted by Gasteiger charge is 2.04. The molecule has 0 aliphatic heterocycles. The third-order valence-corrected chi connectivity index (χ3v) is 2.83. The fraction of sp³-hybridized carbons (Fsp3) is 0.214. The highest BCUT2D eigenvalue weighted by atomic mass is 19.1. The largest absolute Gasteiger partial charge is 0.397 e. The van der Waals surface area contributed by atoms with E-state index in [1.807, 2.05) is 6.07 Å². The molecule has 3 nitrogen and oxygen atoms in total. The SMILES string of the molecule is CCc1cccnc1CNc1ccc(F)cc1N. The van der Waals surface area contributed by atoms with Crippen molar-refractivity contribution in [2.75, 3.05) is 11.1 Å². The van der Waals surface area contributed by atoms with Gasteiger partial charge in [-0.15, -0.1) is 0 Å². The number of aryl methyl sites for hydroxylation is 1. The lowest BCUT2D eigenvalue weighted by atomic mass is 10.1. The number of nitrogens with one attached hydrogen (secondary N) is 1. The van der Waals surface area contributed by atoms with Crippen LogP contribution >= 0.6 is 0 Å². The summed E-state index contributed by atoms with van der Waals surface area (Å²) in [5.74, 6) is -0.329. The summed E-state index contributed by atoms with van der Waals surface area (Å²) in [6.45, 7) is 2.67. The summed E-state index contributed by atoms with van der Waals surface area (Å²) < 4.78 is 12.9. The molecule has 1 aromatic carbocycles. The quantitative estimate of drug-likeness (QED) is 0.814. The van der Waals surface area contributed by atoms with Crippen LogP contribution in [0.1, 0.15) is 18.2 Å². The smallest absolute Gasteiger partial charge is 0.125 e. The van der Waals surface area contributed by atoms with Gasteiger partial charge in [0.15, 0.2) is 0 Å². The average Bonchev–Trinajstić information content (AvgIpc) is 2.38. The second-order valence-electron chi connectivity index (χ2n) is 4.05. The van der Waals surface area contributed by atoms with Gasteiger partial charge in [-0.1, -0.05) is 13.0 Å². The average molecular weight is 245 g/mol.